The second-order valence-electron chi connectivity index (χ2n) is 8.56. The van der Waals surface area contributed by atoms with Gasteiger partial charge in [0.2, 0.25) is 5.91 Å². The summed E-state index contributed by atoms with van der Waals surface area (Å²) >= 11 is 0. The fraction of sp³-hybridized carbons (Fsp3) is 0.565. The van der Waals surface area contributed by atoms with Gasteiger partial charge in [-0.1, -0.05) is 12.1 Å². The minimum atomic E-state index is 0.0587. The number of ether oxygens (including phenoxy) is 1. The lowest BCUT2D eigenvalue weighted by atomic mass is 9.90. The molecule has 1 amide bonds. The van der Waals surface area contributed by atoms with Crippen LogP contribution in [-0.4, -0.2) is 47.3 Å². The van der Waals surface area contributed by atoms with Gasteiger partial charge in [0.1, 0.15) is 11.6 Å². The Morgan fingerprint density at radius 3 is 2.55 bits per heavy atom. The number of aromatic nitrogens is 2. The Hall–Kier alpha value is -2.34. The van der Waals surface area contributed by atoms with Gasteiger partial charge in [-0.25, -0.2) is 4.68 Å². The molecule has 0 spiro atoms. The minimum Gasteiger partial charge on any atom is -0.497 e. The van der Waals surface area contributed by atoms with Crippen LogP contribution in [0.5, 0.6) is 5.75 Å². The molecule has 2 aromatic rings. The van der Waals surface area contributed by atoms with E-state index in [-0.39, 0.29) is 5.91 Å². The van der Waals surface area contributed by atoms with Gasteiger partial charge in [-0.15, -0.1) is 0 Å². The van der Waals surface area contributed by atoms with Crippen LogP contribution in [0.1, 0.15) is 44.2 Å². The highest BCUT2D eigenvalue weighted by molar-refractivity contribution is 5.91. The smallest absolute Gasteiger partial charge is 0.239 e. The third kappa shape index (κ3) is 5.18. The van der Waals surface area contributed by atoms with Gasteiger partial charge in [0.15, 0.2) is 0 Å². The Morgan fingerprint density at radius 2 is 1.90 bits per heavy atom. The Kier molecular flexibility index (Phi) is 6.19. The summed E-state index contributed by atoms with van der Waals surface area (Å²) < 4.78 is 7.20. The Labute approximate surface area is 173 Å². The largest absolute Gasteiger partial charge is 0.497 e. The van der Waals surface area contributed by atoms with Crippen LogP contribution in [-0.2, 0) is 11.2 Å². The standard InChI is InChI=1S/C23H32N4O2/c1-17(20-5-6-20)27-22(9-12-24-27)25-23(28)16-26-13-10-19(11-14-26)15-18-3-7-21(29-2)8-4-18/h3-4,7-9,12,17,19-20H,5-6,10-11,13-16H2,1-2H3,(H,25,28). The van der Waals surface area contributed by atoms with Crippen molar-refractivity contribution in [2.24, 2.45) is 11.8 Å². The number of nitrogens with one attached hydrogen (secondary N) is 1. The van der Waals surface area contributed by atoms with Crippen LogP contribution in [0.15, 0.2) is 36.5 Å². The third-order valence-electron chi connectivity index (χ3n) is 6.39. The summed E-state index contributed by atoms with van der Waals surface area (Å²) in [6.45, 7) is 4.60. The van der Waals surface area contributed by atoms with Crippen molar-refractivity contribution in [3.05, 3.63) is 42.1 Å². The highest BCUT2D eigenvalue weighted by Gasteiger charge is 2.31. The van der Waals surface area contributed by atoms with Gasteiger partial charge < -0.3 is 10.1 Å². The highest BCUT2D eigenvalue weighted by Crippen LogP contribution is 2.40. The van der Waals surface area contributed by atoms with Crippen molar-refractivity contribution in [1.29, 1.82) is 0 Å². The number of hydrogen-bond acceptors (Lipinski definition) is 4. The first-order valence-electron chi connectivity index (χ1n) is 10.8. The summed E-state index contributed by atoms with van der Waals surface area (Å²) in [4.78, 5) is 14.8. The van der Waals surface area contributed by atoms with E-state index in [9.17, 15) is 4.79 Å². The third-order valence-corrected chi connectivity index (χ3v) is 6.39. The van der Waals surface area contributed by atoms with E-state index in [0.717, 1.165) is 43.9 Å². The molecule has 1 N–H and O–H groups in total. The Morgan fingerprint density at radius 1 is 1.17 bits per heavy atom. The van der Waals surface area contributed by atoms with Crippen LogP contribution >= 0.6 is 0 Å². The van der Waals surface area contributed by atoms with Crippen molar-refractivity contribution in [3.8, 4) is 5.75 Å². The maximum absolute atomic E-state index is 12.6. The molecule has 1 saturated heterocycles. The Bertz CT molecular complexity index is 805. The average molecular weight is 397 g/mol. The number of methoxy groups -OCH3 is 1. The van der Waals surface area contributed by atoms with Crippen LogP contribution in [0.3, 0.4) is 0 Å². The molecule has 1 atom stereocenters. The zero-order chi connectivity index (χ0) is 20.2. The summed E-state index contributed by atoms with van der Waals surface area (Å²) in [5.74, 6) is 3.17. The predicted octanol–water partition coefficient (Wildman–Crippen LogP) is 3.76. The van der Waals surface area contributed by atoms with Gasteiger partial charge in [-0.2, -0.15) is 5.10 Å². The molecule has 1 aromatic carbocycles. The van der Waals surface area contributed by atoms with Crippen molar-refractivity contribution >= 4 is 11.7 Å². The highest BCUT2D eigenvalue weighted by atomic mass is 16.5. The summed E-state index contributed by atoms with van der Waals surface area (Å²) in [6, 6.07) is 10.6. The van der Waals surface area contributed by atoms with Gasteiger partial charge in [-0.3, -0.25) is 9.69 Å². The number of rotatable bonds is 8. The zero-order valence-corrected chi connectivity index (χ0v) is 17.5. The topological polar surface area (TPSA) is 59.4 Å². The first-order chi connectivity index (χ1) is 14.1. The van der Waals surface area contributed by atoms with E-state index in [1.807, 2.05) is 22.9 Å². The number of hydrogen-bond donors (Lipinski definition) is 1. The monoisotopic (exact) mass is 396 g/mol. The van der Waals surface area contributed by atoms with Gasteiger partial charge in [0.05, 0.1) is 25.9 Å². The second-order valence-corrected chi connectivity index (χ2v) is 8.56. The molecule has 4 rings (SSSR count). The normalized spacial score (nSPS) is 19.1. The Balaban J connectivity index is 1.22. The van der Waals surface area contributed by atoms with Crippen LogP contribution in [0.4, 0.5) is 5.82 Å². The van der Waals surface area contributed by atoms with Crippen molar-refractivity contribution in [2.45, 2.75) is 45.1 Å². The number of anilines is 1. The minimum absolute atomic E-state index is 0.0587. The predicted molar refractivity (Wildman–Crippen MR) is 114 cm³/mol. The molecule has 2 fully saturated rings. The first-order valence-corrected chi connectivity index (χ1v) is 10.8. The van der Waals surface area contributed by atoms with E-state index >= 15 is 0 Å². The van der Waals surface area contributed by atoms with Crippen molar-refractivity contribution in [2.75, 3.05) is 32.1 Å². The van der Waals surface area contributed by atoms with Gasteiger partial charge in [0, 0.05) is 6.07 Å². The number of benzene rings is 1. The summed E-state index contributed by atoms with van der Waals surface area (Å²) in [5, 5.41) is 7.49. The average Bonchev–Trinajstić information content (AvgIpc) is 3.49. The van der Waals surface area contributed by atoms with E-state index in [1.165, 1.54) is 18.4 Å². The van der Waals surface area contributed by atoms with Crippen molar-refractivity contribution in [1.82, 2.24) is 14.7 Å². The van der Waals surface area contributed by atoms with E-state index in [2.05, 4.69) is 34.4 Å². The van der Waals surface area contributed by atoms with Crippen molar-refractivity contribution < 1.29 is 9.53 Å². The zero-order valence-electron chi connectivity index (χ0n) is 17.5. The van der Waals surface area contributed by atoms with Crippen LogP contribution < -0.4 is 10.1 Å². The lowest BCUT2D eigenvalue weighted by Gasteiger charge is -2.31. The van der Waals surface area contributed by atoms with Crippen molar-refractivity contribution in [3.63, 3.8) is 0 Å². The van der Waals surface area contributed by atoms with Gasteiger partial charge >= 0.3 is 0 Å². The molecule has 1 unspecified atom stereocenters. The molecule has 29 heavy (non-hydrogen) atoms. The molecule has 156 valence electrons. The molecule has 0 bridgehead atoms. The lowest BCUT2D eigenvalue weighted by Crippen LogP contribution is -2.39. The molecule has 1 aliphatic carbocycles. The van der Waals surface area contributed by atoms with Crippen LogP contribution in [0, 0.1) is 11.8 Å². The van der Waals surface area contributed by atoms with Crippen LogP contribution in [0.25, 0.3) is 0 Å². The molecule has 6 nitrogen and oxygen atoms in total. The van der Waals surface area contributed by atoms with Gasteiger partial charge in [0.25, 0.3) is 0 Å². The lowest BCUT2D eigenvalue weighted by molar-refractivity contribution is -0.117. The summed E-state index contributed by atoms with van der Waals surface area (Å²) in [6.07, 6.45) is 7.67. The first kappa shape index (κ1) is 20.0. The molecule has 1 aliphatic heterocycles. The molecule has 2 heterocycles. The summed E-state index contributed by atoms with van der Waals surface area (Å²) in [7, 11) is 1.70. The molecular formula is C23H32N4O2. The second kappa shape index (κ2) is 8.99. The molecule has 2 aliphatic rings. The molecular weight excluding hydrogens is 364 g/mol. The summed E-state index contributed by atoms with van der Waals surface area (Å²) in [5.41, 5.74) is 1.36. The molecule has 0 radical (unpaired) electrons. The molecule has 1 saturated carbocycles. The number of likely N-dealkylation sites (tertiary alicyclic amines) is 1. The van der Waals surface area contributed by atoms with E-state index in [0.29, 0.717) is 24.4 Å². The fourth-order valence-corrected chi connectivity index (χ4v) is 4.35. The quantitative estimate of drug-likeness (QED) is 0.738. The maximum Gasteiger partial charge on any atom is 0.239 e. The number of amides is 1. The molecule has 1 aromatic heterocycles. The number of nitrogens with zero attached hydrogens (tertiary/aromatic N) is 3. The van der Waals surface area contributed by atoms with Gasteiger partial charge in [-0.05, 0) is 81.6 Å². The fourth-order valence-electron chi connectivity index (χ4n) is 4.35. The number of piperidine rings is 1. The van der Waals surface area contributed by atoms with E-state index < -0.39 is 0 Å². The number of carbonyl (C=O) groups is 1. The maximum atomic E-state index is 12.6. The van der Waals surface area contributed by atoms with E-state index in [1.54, 1.807) is 13.3 Å². The van der Waals surface area contributed by atoms with E-state index in [4.69, 9.17) is 4.74 Å². The SMILES string of the molecule is COc1ccc(CC2CCN(CC(=O)Nc3ccnn3C(C)C3CC3)CC2)cc1. The number of carbonyl (C=O) groups excluding carboxylic acids is 1. The molecule has 6 heteroatoms. The van der Waals surface area contributed by atoms with Crippen LogP contribution in [0.2, 0.25) is 0 Å².